The first-order chi connectivity index (χ1) is 8.63. The fraction of sp³-hybridized carbons (Fsp3) is 0.583. The van der Waals surface area contributed by atoms with Crippen LogP contribution >= 0.6 is 23.6 Å². The van der Waals surface area contributed by atoms with E-state index < -0.39 is 0 Å². The van der Waals surface area contributed by atoms with Gasteiger partial charge < -0.3 is 4.42 Å². The number of rotatable bonds is 4. The Balaban J connectivity index is 2.01. The monoisotopic (exact) mass is 281 g/mol. The average Bonchev–Trinajstić information content (AvgIpc) is 2.93. The van der Waals surface area contributed by atoms with Crippen molar-refractivity contribution in [1.82, 2.24) is 15.2 Å². The van der Waals surface area contributed by atoms with E-state index in [1.165, 1.54) is 17.8 Å². The minimum atomic E-state index is 0.325. The summed E-state index contributed by atoms with van der Waals surface area (Å²) >= 11 is 6.62. The molecule has 2 aromatic heterocycles. The zero-order valence-corrected chi connectivity index (χ0v) is 12.0. The van der Waals surface area contributed by atoms with Gasteiger partial charge in [-0.05, 0) is 31.0 Å². The number of thiazole rings is 1. The highest BCUT2D eigenvalue weighted by atomic mass is 32.1. The fourth-order valence-corrected chi connectivity index (χ4v) is 3.34. The Morgan fingerprint density at radius 2 is 2.28 bits per heavy atom. The van der Waals surface area contributed by atoms with E-state index in [1.54, 1.807) is 11.3 Å². The van der Waals surface area contributed by atoms with Gasteiger partial charge in [0.25, 0.3) is 10.7 Å². The fourth-order valence-electron chi connectivity index (χ4n) is 1.93. The zero-order valence-electron chi connectivity index (χ0n) is 10.4. The number of nitrogens with zero attached hydrogens (tertiary/aromatic N) is 2. The lowest BCUT2D eigenvalue weighted by molar-refractivity contribution is 0.552. The molecule has 4 nitrogen and oxygen atoms in total. The molecule has 18 heavy (non-hydrogen) atoms. The van der Waals surface area contributed by atoms with Gasteiger partial charge in [-0.15, -0.1) is 16.4 Å². The molecule has 0 saturated heterocycles. The van der Waals surface area contributed by atoms with Gasteiger partial charge in [-0.3, -0.25) is 0 Å². The van der Waals surface area contributed by atoms with E-state index >= 15 is 0 Å². The summed E-state index contributed by atoms with van der Waals surface area (Å²) in [7, 11) is 0. The maximum absolute atomic E-state index is 5.43. The minimum Gasteiger partial charge on any atom is -0.408 e. The second-order valence-corrected chi connectivity index (χ2v) is 6.57. The molecule has 0 amide bonds. The number of aromatic amines is 1. The van der Waals surface area contributed by atoms with Crippen LogP contribution in [0.25, 0.3) is 10.8 Å². The Kier molecular flexibility index (Phi) is 3.07. The van der Waals surface area contributed by atoms with Gasteiger partial charge in [-0.1, -0.05) is 13.8 Å². The summed E-state index contributed by atoms with van der Waals surface area (Å²) in [6, 6.07) is 0. The highest BCUT2D eigenvalue weighted by molar-refractivity contribution is 7.71. The molecule has 1 N–H and O–H groups in total. The van der Waals surface area contributed by atoms with Crippen molar-refractivity contribution >= 4 is 23.6 Å². The SMILES string of the molecule is CC(C)Cc1nc(C2CC2)c(-c2n[nH]c(=S)o2)s1. The predicted octanol–water partition coefficient (Wildman–Crippen LogP) is 3.93. The van der Waals surface area contributed by atoms with Gasteiger partial charge in [0.15, 0.2) is 0 Å². The van der Waals surface area contributed by atoms with Crippen LogP contribution in [0.15, 0.2) is 4.42 Å². The molecule has 1 aliphatic rings. The highest BCUT2D eigenvalue weighted by Gasteiger charge is 2.31. The molecule has 0 unspecified atom stereocenters. The van der Waals surface area contributed by atoms with Crippen LogP contribution in [0.1, 0.15) is 43.3 Å². The van der Waals surface area contributed by atoms with Gasteiger partial charge in [-0.25, -0.2) is 10.1 Å². The van der Waals surface area contributed by atoms with E-state index in [0.29, 0.717) is 22.6 Å². The van der Waals surface area contributed by atoms with Gasteiger partial charge in [-0.2, -0.15) is 0 Å². The van der Waals surface area contributed by atoms with E-state index in [2.05, 4.69) is 24.0 Å². The molecule has 2 heterocycles. The predicted molar refractivity (Wildman–Crippen MR) is 73.3 cm³/mol. The number of hydrogen-bond donors (Lipinski definition) is 1. The molecule has 2 aromatic rings. The van der Waals surface area contributed by atoms with Gasteiger partial charge >= 0.3 is 0 Å². The Hall–Kier alpha value is -1.01. The number of nitrogens with one attached hydrogen (secondary N) is 1. The Labute approximate surface area is 114 Å². The Morgan fingerprint density at radius 3 is 2.83 bits per heavy atom. The van der Waals surface area contributed by atoms with Crippen LogP contribution in [0.5, 0.6) is 0 Å². The quantitative estimate of drug-likeness (QED) is 0.863. The summed E-state index contributed by atoms with van der Waals surface area (Å²) in [5, 5.41) is 7.98. The molecule has 1 aliphatic carbocycles. The summed E-state index contributed by atoms with van der Waals surface area (Å²) in [6.45, 7) is 4.41. The zero-order chi connectivity index (χ0) is 12.7. The van der Waals surface area contributed by atoms with Crippen LogP contribution in [0.4, 0.5) is 0 Å². The second-order valence-electron chi connectivity index (χ2n) is 5.11. The van der Waals surface area contributed by atoms with Crippen molar-refractivity contribution < 1.29 is 4.42 Å². The molecule has 1 saturated carbocycles. The third kappa shape index (κ3) is 2.40. The van der Waals surface area contributed by atoms with Crippen LogP contribution in [0.2, 0.25) is 0 Å². The summed E-state index contributed by atoms with van der Waals surface area (Å²) in [6.07, 6.45) is 3.46. The van der Waals surface area contributed by atoms with Crippen LogP contribution < -0.4 is 0 Å². The molecule has 0 radical (unpaired) electrons. The third-order valence-corrected chi connectivity index (χ3v) is 4.13. The lowest BCUT2D eigenvalue weighted by atomic mass is 10.1. The summed E-state index contributed by atoms with van der Waals surface area (Å²) in [4.78, 5) is 6.15. The van der Waals surface area contributed by atoms with Gasteiger partial charge in [0, 0.05) is 12.3 Å². The minimum absolute atomic E-state index is 0.325. The van der Waals surface area contributed by atoms with Gasteiger partial charge in [0.05, 0.1) is 10.7 Å². The lowest BCUT2D eigenvalue weighted by Gasteiger charge is -1.98. The summed E-state index contributed by atoms with van der Waals surface area (Å²) < 4.78 is 5.43. The molecule has 0 aromatic carbocycles. The molecule has 0 atom stereocenters. The second kappa shape index (κ2) is 4.59. The summed E-state index contributed by atoms with van der Waals surface area (Å²) in [5.41, 5.74) is 1.15. The standard InChI is InChI=1S/C12H15N3OS2/c1-6(2)5-8-13-9(7-3-4-7)10(18-8)11-14-15-12(17)16-11/h6-7H,3-5H2,1-2H3,(H,15,17). The molecule has 3 rings (SSSR count). The van der Waals surface area contributed by atoms with E-state index in [-0.39, 0.29) is 0 Å². The highest BCUT2D eigenvalue weighted by Crippen LogP contribution is 2.45. The van der Waals surface area contributed by atoms with Crippen molar-refractivity contribution in [2.75, 3.05) is 0 Å². The first-order valence-corrected chi connectivity index (χ1v) is 7.41. The van der Waals surface area contributed by atoms with Crippen molar-refractivity contribution in [3.63, 3.8) is 0 Å². The largest absolute Gasteiger partial charge is 0.408 e. The molecule has 0 bridgehead atoms. The van der Waals surface area contributed by atoms with Gasteiger partial charge in [0.2, 0.25) is 0 Å². The normalized spacial score (nSPS) is 15.5. The Bertz CT molecular complexity index is 607. The van der Waals surface area contributed by atoms with Gasteiger partial charge in [0.1, 0.15) is 4.88 Å². The van der Waals surface area contributed by atoms with Crippen molar-refractivity contribution in [3.8, 4) is 10.8 Å². The van der Waals surface area contributed by atoms with Crippen molar-refractivity contribution in [3.05, 3.63) is 15.5 Å². The molecule has 6 heteroatoms. The lowest BCUT2D eigenvalue weighted by Crippen LogP contribution is -1.93. The Morgan fingerprint density at radius 1 is 1.50 bits per heavy atom. The first kappa shape index (κ1) is 12.0. The van der Waals surface area contributed by atoms with E-state index in [0.717, 1.165) is 17.0 Å². The smallest absolute Gasteiger partial charge is 0.284 e. The molecular formula is C12H15N3OS2. The first-order valence-electron chi connectivity index (χ1n) is 6.19. The molecule has 0 spiro atoms. The molecule has 1 fully saturated rings. The summed E-state index contributed by atoms with van der Waals surface area (Å²) in [5.74, 6) is 1.80. The van der Waals surface area contributed by atoms with Crippen LogP contribution in [0, 0.1) is 10.8 Å². The maximum Gasteiger partial charge on any atom is 0.284 e. The topological polar surface area (TPSA) is 54.7 Å². The van der Waals surface area contributed by atoms with E-state index in [1.807, 2.05) is 0 Å². The number of hydrogen-bond acceptors (Lipinski definition) is 5. The van der Waals surface area contributed by atoms with Crippen LogP contribution in [-0.4, -0.2) is 15.2 Å². The van der Waals surface area contributed by atoms with Crippen molar-refractivity contribution in [2.24, 2.45) is 5.92 Å². The average molecular weight is 281 g/mol. The van der Waals surface area contributed by atoms with Crippen molar-refractivity contribution in [2.45, 2.75) is 39.0 Å². The van der Waals surface area contributed by atoms with Crippen LogP contribution in [-0.2, 0) is 6.42 Å². The maximum atomic E-state index is 5.43. The third-order valence-electron chi connectivity index (χ3n) is 2.88. The van der Waals surface area contributed by atoms with Crippen LogP contribution in [0.3, 0.4) is 0 Å². The number of aromatic nitrogens is 3. The molecule has 96 valence electrons. The molecular weight excluding hydrogens is 266 g/mol. The van der Waals surface area contributed by atoms with Crippen molar-refractivity contribution in [1.29, 1.82) is 0 Å². The molecule has 0 aliphatic heterocycles. The van der Waals surface area contributed by atoms with E-state index in [9.17, 15) is 0 Å². The number of H-pyrrole nitrogens is 1. The van der Waals surface area contributed by atoms with E-state index in [4.69, 9.17) is 21.6 Å².